The van der Waals surface area contributed by atoms with Crippen molar-refractivity contribution in [1.82, 2.24) is 30.2 Å². The molecule has 5 heterocycles. The first-order chi connectivity index (χ1) is 23.4. The molecular formula is C33H27N9O3S3. The molecule has 4 N–H and O–H groups in total. The molecule has 0 saturated heterocycles. The van der Waals surface area contributed by atoms with Crippen LogP contribution in [0.4, 0.5) is 15.7 Å². The van der Waals surface area contributed by atoms with Crippen molar-refractivity contribution in [3.05, 3.63) is 88.0 Å². The molecule has 48 heavy (non-hydrogen) atoms. The van der Waals surface area contributed by atoms with Crippen LogP contribution in [-0.4, -0.2) is 51.2 Å². The molecule has 1 amide bonds. The van der Waals surface area contributed by atoms with Crippen LogP contribution in [0.5, 0.6) is 5.88 Å². The summed E-state index contributed by atoms with van der Waals surface area (Å²) in [7, 11) is 1.97. The van der Waals surface area contributed by atoms with E-state index in [1.165, 1.54) is 17.7 Å². The average Bonchev–Trinajstić information content (AvgIpc) is 3.89. The minimum absolute atomic E-state index is 0.101. The Morgan fingerprint density at radius 1 is 1.04 bits per heavy atom. The molecule has 7 rings (SSSR count). The summed E-state index contributed by atoms with van der Waals surface area (Å²) in [5.74, 6) is 0.412. The van der Waals surface area contributed by atoms with Gasteiger partial charge in [0.2, 0.25) is 11.8 Å². The van der Waals surface area contributed by atoms with Crippen molar-refractivity contribution in [2.24, 2.45) is 0 Å². The summed E-state index contributed by atoms with van der Waals surface area (Å²) in [6.07, 6.45) is 2.94. The zero-order valence-corrected chi connectivity index (χ0v) is 27.9. The highest BCUT2D eigenvalue weighted by atomic mass is 32.1. The molecule has 5 aromatic heterocycles. The summed E-state index contributed by atoms with van der Waals surface area (Å²) < 4.78 is 14.6. The van der Waals surface area contributed by atoms with Crippen molar-refractivity contribution in [3.63, 3.8) is 0 Å². The fourth-order valence-corrected chi connectivity index (χ4v) is 8.08. The van der Waals surface area contributed by atoms with Gasteiger partial charge in [-0.15, -0.1) is 34.0 Å². The zero-order chi connectivity index (χ0) is 33.0. The number of carbonyl (C=O) groups excluding carboxylic acids is 1. The van der Waals surface area contributed by atoms with Gasteiger partial charge in [0.15, 0.2) is 11.2 Å². The van der Waals surface area contributed by atoms with Gasteiger partial charge in [0, 0.05) is 27.9 Å². The number of nitrogen functional groups attached to an aromatic ring is 1. The number of imidazole rings is 1. The topological polar surface area (TPSA) is 168 Å². The minimum Gasteiger partial charge on any atom is -0.471 e. The van der Waals surface area contributed by atoms with E-state index in [4.69, 9.17) is 15.2 Å². The Morgan fingerprint density at radius 3 is 2.67 bits per heavy atom. The number of nitrogens with zero attached hydrogens (tertiary/aromatic N) is 6. The molecule has 0 saturated carbocycles. The zero-order valence-electron chi connectivity index (χ0n) is 25.5. The van der Waals surface area contributed by atoms with E-state index >= 15 is 0 Å². The maximum Gasteiger partial charge on any atom is 0.407 e. The number of hydrogen-bond acceptors (Lipinski definition) is 13. The Hall–Kier alpha value is -5.56. The molecule has 0 radical (unpaired) electrons. The number of carbonyl (C=O) groups is 1. The molecular weight excluding hydrogens is 667 g/mol. The van der Waals surface area contributed by atoms with E-state index in [-0.39, 0.29) is 19.2 Å². The van der Waals surface area contributed by atoms with Crippen molar-refractivity contribution < 1.29 is 14.3 Å². The van der Waals surface area contributed by atoms with Crippen LogP contribution in [0.3, 0.4) is 0 Å². The molecule has 0 aliphatic heterocycles. The number of thiophene rings is 2. The fourth-order valence-electron chi connectivity index (χ4n) is 4.81. The van der Waals surface area contributed by atoms with Gasteiger partial charge in [-0.05, 0) is 41.5 Å². The van der Waals surface area contributed by atoms with Crippen molar-refractivity contribution in [2.45, 2.75) is 13.2 Å². The first-order valence-electron chi connectivity index (χ1n) is 14.7. The summed E-state index contributed by atoms with van der Waals surface area (Å²) in [6, 6.07) is 22.1. The molecule has 0 aliphatic rings. The second-order valence-electron chi connectivity index (χ2n) is 10.6. The highest BCUT2D eigenvalue weighted by molar-refractivity contribution is 7.30. The number of ether oxygens (including phenoxy) is 2. The number of aromatic nitrogens is 5. The fraction of sp³-hybridized carbons (Fsp3) is 0.152. The number of nitrogens with two attached hydrogens (primary N) is 1. The number of hydrogen-bond donors (Lipinski definition) is 3. The van der Waals surface area contributed by atoms with Crippen LogP contribution in [0.1, 0.15) is 21.0 Å². The average molecular weight is 694 g/mol. The van der Waals surface area contributed by atoms with Gasteiger partial charge in [-0.1, -0.05) is 36.4 Å². The maximum atomic E-state index is 12.3. The molecule has 2 aromatic carbocycles. The normalized spacial score (nSPS) is 11.6. The van der Waals surface area contributed by atoms with Crippen LogP contribution in [0.15, 0.2) is 67.0 Å². The predicted octanol–water partition coefficient (Wildman–Crippen LogP) is 6.83. The second kappa shape index (κ2) is 13.7. The Labute approximate surface area is 286 Å². The first kappa shape index (κ1) is 31.1. The van der Waals surface area contributed by atoms with Gasteiger partial charge in [0.1, 0.15) is 24.3 Å². The van der Waals surface area contributed by atoms with Crippen LogP contribution >= 0.6 is 34.0 Å². The molecule has 15 heteroatoms. The maximum absolute atomic E-state index is 12.3. The number of rotatable bonds is 11. The smallest absolute Gasteiger partial charge is 0.407 e. The molecule has 0 fully saturated rings. The third-order valence-electron chi connectivity index (χ3n) is 7.28. The predicted molar refractivity (Wildman–Crippen MR) is 191 cm³/mol. The van der Waals surface area contributed by atoms with Gasteiger partial charge < -0.3 is 30.4 Å². The number of amides is 1. The lowest BCUT2D eigenvalue weighted by atomic mass is 10.1. The number of alkyl carbamates (subject to hydrolysis) is 1. The van der Waals surface area contributed by atoms with Crippen molar-refractivity contribution in [2.75, 3.05) is 30.8 Å². The summed E-state index contributed by atoms with van der Waals surface area (Å²) >= 11 is 4.82. The number of likely N-dealkylation sites (N-methyl/N-ethyl adjacent to an activating group) is 1. The van der Waals surface area contributed by atoms with Crippen molar-refractivity contribution in [1.29, 1.82) is 5.26 Å². The summed E-state index contributed by atoms with van der Waals surface area (Å²) in [6.45, 7) is 1.38. The number of thiazole rings is 1. The number of allylic oxidation sites excluding steroid dienone is 1. The number of nitrogens with one attached hydrogen (secondary N) is 2. The largest absolute Gasteiger partial charge is 0.471 e. The van der Waals surface area contributed by atoms with Gasteiger partial charge in [0.25, 0.3) is 0 Å². The number of benzene rings is 2. The lowest BCUT2D eigenvalue weighted by Gasteiger charge is -2.16. The first-order valence-corrected chi connectivity index (χ1v) is 17.2. The number of H-pyrrole nitrogens is 1. The second-order valence-corrected chi connectivity index (χ2v) is 13.8. The van der Waals surface area contributed by atoms with Gasteiger partial charge in [-0.25, -0.2) is 14.8 Å². The van der Waals surface area contributed by atoms with Gasteiger partial charge in [-0.2, -0.15) is 15.2 Å². The van der Waals surface area contributed by atoms with Crippen LogP contribution in [0.2, 0.25) is 0 Å². The van der Waals surface area contributed by atoms with Crippen LogP contribution in [-0.2, 0) is 17.9 Å². The van der Waals surface area contributed by atoms with Crippen LogP contribution < -0.4 is 20.7 Å². The monoisotopic (exact) mass is 693 g/mol. The molecule has 12 nitrogen and oxygen atoms in total. The third kappa shape index (κ3) is 6.91. The Bertz CT molecular complexity index is 2250. The van der Waals surface area contributed by atoms with Crippen molar-refractivity contribution >= 4 is 93.5 Å². The number of anilines is 2. The standard InChI is InChI=1S/C33H27N9O3S3/c1-42(27-14-26-25(47-27)13-22(46-26)12-21(15-34)31-39-23-4-2-3-5-24(23)48-31)10-11-44-33(43)36-16-19-6-8-20(9-7-19)17-45-30-28-29(38-18-37-28)40-32(35)41-30/h2-9,12-14,18H,10-11,16-17H2,1H3,(H,36,43)(H3,35,37,38,40,41)/b21-12+. The highest BCUT2D eigenvalue weighted by Crippen LogP contribution is 2.39. The lowest BCUT2D eigenvalue weighted by Crippen LogP contribution is -2.28. The van der Waals surface area contributed by atoms with Crippen LogP contribution in [0.25, 0.3) is 42.4 Å². The third-order valence-corrected chi connectivity index (χ3v) is 10.7. The van der Waals surface area contributed by atoms with Gasteiger partial charge in [-0.3, -0.25) is 0 Å². The lowest BCUT2D eigenvalue weighted by molar-refractivity contribution is 0.148. The Balaban J connectivity index is 0.864. The number of aromatic amines is 1. The molecule has 0 atom stereocenters. The van der Waals surface area contributed by atoms with Crippen molar-refractivity contribution in [3.8, 4) is 11.9 Å². The SMILES string of the molecule is CN(CCOC(=O)NCc1ccc(COc2nc(N)nc3[nH]cnc23)cc1)c1cc2sc(/C=C(\C#N)c3nc4ccccc4s3)cc2s1. The summed E-state index contributed by atoms with van der Waals surface area (Å²) in [4.78, 5) is 35.3. The molecule has 240 valence electrons. The quantitative estimate of drug-likeness (QED) is 0.122. The summed E-state index contributed by atoms with van der Waals surface area (Å²) in [5.41, 5.74) is 10.1. The molecule has 7 aromatic rings. The molecule has 0 spiro atoms. The van der Waals surface area contributed by atoms with E-state index in [0.717, 1.165) is 45.6 Å². The highest BCUT2D eigenvalue weighted by Gasteiger charge is 2.14. The Kier molecular flexibility index (Phi) is 8.84. The number of nitriles is 1. The van der Waals surface area contributed by atoms with E-state index in [0.29, 0.717) is 35.7 Å². The van der Waals surface area contributed by atoms with Gasteiger partial charge in [0.05, 0.1) is 33.7 Å². The molecule has 0 bridgehead atoms. The van der Waals surface area contributed by atoms with Gasteiger partial charge >= 0.3 is 6.09 Å². The van der Waals surface area contributed by atoms with E-state index in [1.807, 2.05) is 61.7 Å². The van der Waals surface area contributed by atoms with Crippen LogP contribution in [0, 0.1) is 11.3 Å². The molecule has 0 aliphatic carbocycles. The van der Waals surface area contributed by atoms with E-state index < -0.39 is 6.09 Å². The minimum atomic E-state index is -0.481. The number of fused-ring (bicyclic) bond motifs is 3. The number of para-hydroxylation sites is 1. The molecule has 0 unspecified atom stereocenters. The van der Waals surface area contributed by atoms with E-state index in [2.05, 4.69) is 53.3 Å². The Morgan fingerprint density at radius 2 is 1.85 bits per heavy atom. The summed E-state index contributed by atoms with van der Waals surface area (Å²) in [5, 5.41) is 14.4. The van der Waals surface area contributed by atoms with E-state index in [9.17, 15) is 10.1 Å². The van der Waals surface area contributed by atoms with E-state index in [1.54, 1.807) is 22.7 Å².